The highest BCUT2D eigenvalue weighted by atomic mass is 16.3. The summed E-state index contributed by atoms with van der Waals surface area (Å²) >= 11 is 0. The van der Waals surface area contributed by atoms with Gasteiger partial charge in [0.1, 0.15) is 0 Å². The molecule has 0 unspecified atom stereocenters. The van der Waals surface area contributed by atoms with E-state index < -0.39 is 0 Å². The number of hydrogen-bond donors (Lipinski definition) is 2. The van der Waals surface area contributed by atoms with Crippen LogP contribution in [0.4, 0.5) is 0 Å². The second-order valence-electron chi connectivity index (χ2n) is 3.15. The molecular weight excluding hydrogens is 140 g/mol. The van der Waals surface area contributed by atoms with E-state index in [1.54, 1.807) is 0 Å². The summed E-state index contributed by atoms with van der Waals surface area (Å²) in [5, 5.41) is 17.8. The van der Waals surface area contributed by atoms with E-state index in [9.17, 15) is 0 Å². The van der Waals surface area contributed by atoms with Crippen LogP contribution < -0.4 is 0 Å². The van der Waals surface area contributed by atoms with E-state index in [0.717, 1.165) is 19.3 Å². The molecule has 2 heteroatoms. The average Bonchev–Trinajstić information content (AvgIpc) is 2.07. The van der Waals surface area contributed by atoms with Crippen molar-refractivity contribution in [1.29, 1.82) is 0 Å². The molecule has 0 amide bonds. The summed E-state index contributed by atoms with van der Waals surface area (Å²) < 4.78 is 0. The van der Waals surface area contributed by atoms with E-state index in [1.807, 2.05) is 0 Å². The van der Waals surface area contributed by atoms with Crippen molar-refractivity contribution < 1.29 is 10.2 Å². The maximum atomic E-state index is 8.88. The smallest absolute Gasteiger partial charge is 0.0459 e. The molecule has 0 aliphatic rings. The molecular formula is C9H20O2. The fourth-order valence-corrected chi connectivity index (χ4v) is 1.21. The van der Waals surface area contributed by atoms with Gasteiger partial charge in [-0.1, -0.05) is 26.7 Å². The Morgan fingerprint density at radius 2 is 1.27 bits per heavy atom. The quantitative estimate of drug-likeness (QED) is 0.617. The second kappa shape index (κ2) is 6.62. The van der Waals surface area contributed by atoms with E-state index in [-0.39, 0.29) is 13.2 Å². The second-order valence-corrected chi connectivity index (χ2v) is 3.15. The Morgan fingerprint density at radius 3 is 1.45 bits per heavy atom. The molecule has 0 aromatic rings. The summed E-state index contributed by atoms with van der Waals surface area (Å²) in [5.41, 5.74) is 0. The first-order chi connectivity index (χ1) is 5.28. The average molecular weight is 160 g/mol. The zero-order chi connectivity index (χ0) is 8.69. The van der Waals surface area contributed by atoms with Crippen molar-refractivity contribution in [3.8, 4) is 0 Å². The van der Waals surface area contributed by atoms with Crippen molar-refractivity contribution in [2.24, 2.45) is 11.8 Å². The monoisotopic (exact) mass is 160 g/mol. The number of aliphatic hydroxyl groups is 2. The molecule has 0 rings (SSSR count). The molecule has 0 spiro atoms. The van der Waals surface area contributed by atoms with Crippen molar-refractivity contribution >= 4 is 0 Å². The minimum Gasteiger partial charge on any atom is -0.396 e. The Hall–Kier alpha value is -0.0800. The highest BCUT2D eigenvalue weighted by molar-refractivity contribution is 4.62. The topological polar surface area (TPSA) is 40.5 Å². The van der Waals surface area contributed by atoms with Gasteiger partial charge in [0.2, 0.25) is 0 Å². The highest BCUT2D eigenvalue weighted by Gasteiger charge is 2.11. The lowest BCUT2D eigenvalue weighted by atomic mass is 9.92. The first kappa shape index (κ1) is 10.9. The van der Waals surface area contributed by atoms with Crippen molar-refractivity contribution in [2.45, 2.75) is 33.1 Å². The van der Waals surface area contributed by atoms with Crippen LogP contribution >= 0.6 is 0 Å². The van der Waals surface area contributed by atoms with Gasteiger partial charge in [-0.05, 0) is 18.3 Å². The minimum absolute atomic E-state index is 0.257. The molecule has 68 valence electrons. The van der Waals surface area contributed by atoms with Crippen molar-refractivity contribution in [2.75, 3.05) is 13.2 Å². The van der Waals surface area contributed by atoms with Gasteiger partial charge < -0.3 is 10.2 Å². The lowest BCUT2D eigenvalue weighted by molar-refractivity contribution is 0.156. The Morgan fingerprint density at radius 1 is 0.909 bits per heavy atom. The third-order valence-electron chi connectivity index (χ3n) is 2.34. The Balaban J connectivity index is 3.58. The fourth-order valence-electron chi connectivity index (χ4n) is 1.21. The normalized spacial score (nSPS) is 16.4. The molecule has 0 radical (unpaired) electrons. The summed E-state index contributed by atoms with van der Waals surface area (Å²) in [7, 11) is 0. The molecule has 2 nitrogen and oxygen atoms in total. The molecule has 0 fully saturated rings. The van der Waals surface area contributed by atoms with E-state index in [0.29, 0.717) is 11.8 Å². The molecule has 0 bridgehead atoms. The van der Waals surface area contributed by atoms with Crippen molar-refractivity contribution in [3.05, 3.63) is 0 Å². The Kier molecular flexibility index (Phi) is 6.57. The maximum Gasteiger partial charge on any atom is 0.0459 e. The largest absolute Gasteiger partial charge is 0.396 e. The molecule has 0 heterocycles. The molecule has 0 aromatic heterocycles. The van der Waals surface area contributed by atoms with E-state index >= 15 is 0 Å². The minimum atomic E-state index is 0.257. The van der Waals surface area contributed by atoms with Crippen molar-refractivity contribution in [1.82, 2.24) is 0 Å². The van der Waals surface area contributed by atoms with Crippen LogP contribution in [-0.2, 0) is 0 Å². The summed E-state index contributed by atoms with van der Waals surface area (Å²) in [5.74, 6) is 0.763. The van der Waals surface area contributed by atoms with Gasteiger partial charge >= 0.3 is 0 Å². The Bertz CT molecular complexity index is 65.6. The van der Waals surface area contributed by atoms with Crippen LogP contribution in [0.5, 0.6) is 0 Å². The van der Waals surface area contributed by atoms with Gasteiger partial charge in [-0.25, -0.2) is 0 Å². The zero-order valence-electron chi connectivity index (χ0n) is 7.58. The third kappa shape index (κ3) is 4.38. The molecule has 2 atom stereocenters. The summed E-state index contributed by atoms with van der Waals surface area (Å²) in [4.78, 5) is 0. The molecule has 0 aliphatic carbocycles. The summed E-state index contributed by atoms with van der Waals surface area (Å²) in [6, 6.07) is 0. The lowest BCUT2D eigenvalue weighted by Gasteiger charge is -2.17. The van der Waals surface area contributed by atoms with Crippen LogP contribution in [0.1, 0.15) is 33.1 Å². The SMILES string of the molecule is CC[C@H](CO)C[C@H](CC)CO. The zero-order valence-corrected chi connectivity index (χ0v) is 7.58. The van der Waals surface area contributed by atoms with Crippen LogP contribution in [0.2, 0.25) is 0 Å². The first-order valence-corrected chi connectivity index (χ1v) is 4.50. The van der Waals surface area contributed by atoms with Crippen LogP contribution in [0, 0.1) is 11.8 Å². The van der Waals surface area contributed by atoms with E-state index in [4.69, 9.17) is 10.2 Å². The summed E-state index contributed by atoms with van der Waals surface area (Å²) in [6.07, 6.45) is 2.97. The van der Waals surface area contributed by atoms with Crippen LogP contribution in [0.25, 0.3) is 0 Å². The molecule has 2 N–H and O–H groups in total. The third-order valence-corrected chi connectivity index (χ3v) is 2.34. The number of aliphatic hydroxyl groups excluding tert-OH is 2. The predicted octanol–water partition coefficient (Wildman–Crippen LogP) is 1.41. The lowest BCUT2D eigenvalue weighted by Crippen LogP contribution is -2.14. The van der Waals surface area contributed by atoms with Crippen LogP contribution in [-0.4, -0.2) is 23.4 Å². The number of hydrogen-bond acceptors (Lipinski definition) is 2. The van der Waals surface area contributed by atoms with Crippen molar-refractivity contribution in [3.63, 3.8) is 0 Å². The maximum absolute atomic E-state index is 8.88. The van der Waals surface area contributed by atoms with Gasteiger partial charge in [-0.3, -0.25) is 0 Å². The van der Waals surface area contributed by atoms with Crippen LogP contribution in [0.3, 0.4) is 0 Å². The van der Waals surface area contributed by atoms with Gasteiger partial charge in [0.25, 0.3) is 0 Å². The fraction of sp³-hybridized carbons (Fsp3) is 1.00. The first-order valence-electron chi connectivity index (χ1n) is 4.50. The van der Waals surface area contributed by atoms with E-state index in [2.05, 4.69) is 13.8 Å². The molecule has 0 aromatic carbocycles. The van der Waals surface area contributed by atoms with Gasteiger partial charge in [0.15, 0.2) is 0 Å². The molecule has 0 saturated carbocycles. The van der Waals surface area contributed by atoms with Gasteiger partial charge in [-0.15, -0.1) is 0 Å². The summed E-state index contributed by atoms with van der Waals surface area (Å²) in [6.45, 7) is 4.66. The molecule has 0 saturated heterocycles. The van der Waals surface area contributed by atoms with Gasteiger partial charge in [0.05, 0.1) is 0 Å². The Labute approximate surface area is 69.2 Å². The van der Waals surface area contributed by atoms with Gasteiger partial charge in [0, 0.05) is 13.2 Å². The standard InChI is InChI=1S/C9H20O2/c1-3-8(6-10)5-9(4-2)7-11/h8-11H,3-7H2,1-2H3/t8-,9-/m0/s1. The van der Waals surface area contributed by atoms with E-state index in [1.165, 1.54) is 0 Å². The molecule has 11 heavy (non-hydrogen) atoms. The predicted molar refractivity (Wildman–Crippen MR) is 46.4 cm³/mol. The van der Waals surface area contributed by atoms with Crippen LogP contribution in [0.15, 0.2) is 0 Å². The van der Waals surface area contributed by atoms with Gasteiger partial charge in [-0.2, -0.15) is 0 Å². The number of rotatable bonds is 6. The molecule has 0 aliphatic heterocycles. The highest BCUT2D eigenvalue weighted by Crippen LogP contribution is 2.17.